The number of allylic oxidation sites excluding steroid dienone is 5. The van der Waals surface area contributed by atoms with Crippen molar-refractivity contribution in [3.05, 3.63) is 36.0 Å². The Hall–Kier alpha value is -0.780. The highest BCUT2D eigenvalue weighted by Crippen LogP contribution is 2.66. The van der Waals surface area contributed by atoms with E-state index in [1.807, 2.05) is 0 Å². The zero-order chi connectivity index (χ0) is 20.1. The Bertz CT molecular complexity index is 664. The van der Waals surface area contributed by atoms with Crippen molar-refractivity contribution in [3.8, 4) is 0 Å². The number of hydrogen-bond acceptors (Lipinski definition) is 0. The minimum absolute atomic E-state index is 0.470. The fourth-order valence-corrected chi connectivity index (χ4v) is 8.18. The van der Waals surface area contributed by atoms with Gasteiger partial charge in [-0.3, -0.25) is 0 Å². The summed E-state index contributed by atoms with van der Waals surface area (Å²) < 4.78 is 0. The number of rotatable bonds is 5. The summed E-state index contributed by atoms with van der Waals surface area (Å²) in [6.07, 6.45) is 20.1. The van der Waals surface area contributed by atoms with Crippen LogP contribution in [0, 0.1) is 46.3 Å². The maximum absolute atomic E-state index is 4.34. The van der Waals surface area contributed by atoms with Crippen LogP contribution < -0.4 is 0 Å². The van der Waals surface area contributed by atoms with Crippen LogP contribution in [0.25, 0.3) is 0 Å². The van der Waals surface area contributed by atoms with Gasteiger partial charge in [-0.15, -0.1) is 0 Å². The molecule has 0 aromatic heterocycles. The third-order valence-electron chi connectivity index (χ3n) is 10.2. The first-order chi connectivity index (χ1) is 13.3. The topological polar surface area (TPSA) is 0 Å². The standard InChI is InChI=1S/C28H44/c1-19(2)20(3)10-11-21(4)24-14-15-25-23-13-12-22-9-7-8-17-27(22,5)26(23)16-18-28(24,25)6/h7,9,12,19,21,23-26H,3,8,10-11,13-18H2,1-2,4-6H3/t21?,23?,24?,25?,26?,27-,28+/m0/s1. The summed E-state index contributed by atoms with van der Waals surface area (Å²) in [5.41, 5.74) is 4.20. The van der Waals surface area contributed by atoms with Gasteiger partial charge in [0.05, 0.1) is 0 Å². The maximum atomic E-state index is 4.34. The fraction of sp³-hybridized carbons (Fsp3) is 0.786. The van der Waals surface area contributed by atoms with Crippen LogP contribution >= 0.6 is 0 Å². The number of fused-ring (bicyclic) bond motifs is 5. The maximum Gasteiger partial charge on any atom is -0.00445 e. The summed E-state index contributed by atoms with van der Waals surface area (Å²) in [7, 11) is 0. The minimum Gasteiger partial charge on any atom is -0.0996 e. The first-order valence-electron chi connectivity index (χ1n) is 12.3. The summed E-state index contributed by atoms with van der Waals surface area (Å²) in [6, 6.07) is 0. The van der Waals surface area contributed by atoms with Crippen LogP contribution in [0.2, 0.25) is 0 Å². The van der Waals surface area contributed by atoms with Gasteiger partial charge in [-0.05, 0) is 110 Å². The molecule has 2 saturated carbocycles. The molecule has 156 valence electrons. The van der Waals surface area contributed by atoms with Gasteiger partial charge in [0.2, 0.25) is 0 Å². The van der Waals surface area contributed by atoms with Crippen molar-refractivity contribution >= 4 is 0 Å². The monoisotopic (exact) mass is 380 g/mol. The molecule has 0 radical (unpaired) electrons. The van der Waals surface area contributed by atoms with Crippen LogP contribution in [0.15, 0.2) is 36.0 Å². The first-order valence-corrected chi connectivity index (χ1v) is 12.3. The second-order valence-corrected chi connectivity index (χ2v) is 11.7. The molecule has 0 aliphatic heterocycles. The molecule has 0 aromatic carbocycles. The van der Waals surface area contributed by atoms with Crippen LogP contribution in [-0.4, -0.2) is 0 Å². The molecule has 7 atom stereocenters. The lowest BCUT2D eigenvalue weighted by Crippen LogP contribution is -2.49. The summed E-state index contributed by atoms with van der Waals surface area (Å²) in [6.45, 7) is 16.8. The molecule has 0 bridgehead atoms. The van der Waals surface area contributed by atoms with Crippen molar-refractivity contribution in [1.29, 1.82) is 0 Å². The van der Waals surface area contributed by atoms with Crippen molar-refractivity contribution < 1.29 is 0 Å². The van der Waals surface area contributed by atoms with E-state index in [9.17, 15) is 0 Å². The smallest absolute Gasteiger partial charge is 0.00445 e. The van der Waals surface area contributed by atoms with Gasteiger partial charge in [0.15, 0.2) is 0 Å². The average molecular weight is 381 g/mol. The van der Waals surface area contributed by atoms with Crippen LogP contribution in [0.4, 0.5) is 0 Å². The van der Waals surface area contributed by atoms with Gasteiger partial charge in [-0.2, -0.15) is 0 Å². The minimum atomic E-state index is 0.470. The van der Waals surface area contributed by atoms with Gasteiger partial charge >= 0.3 is 0 Å². The van der Waals surface area contributed by atoms with Crippen LogP contribution in [0.1, 0.15) is 92.4 Å². The molecule has 0 aromatic rings. The van der Waals surface area contributed by atoms with E-state index >= 15 is 0 Å². The highest BCUT2D eigenvalue weighted by molar-refractivity contribution is 5.34. The molecule has 0 spiro atoms. The predicted octanol–water partition coefficient (Wildman–Crippen LogP) is 8.36. The molecule has 2 fully saturated rings. The predicted molar refractivity (Wildman–Crippen MR) is 122 cm³/mol. The van der Waals surface area contributed by atoms with Gasteiger partial charge in [-0.25, -0.2) is 0 Å². The molecule has 0 amide bonds. The Balaban J connectivity index is 1.50. The molecule has 0 N–H and O–H groups in total. The molecule has 4 rings (SSSR count). The second kappa shape index (κ2) is 7.48. The van der Waals surface area contributed by atoms with Gasteiger partial charge < -0.3 is 0 Å². The Morgan fingerprint density at radius 3 is 2.64 bits per heavy atom. The molecule has 4 aliphatic rings. The van der Waals surface area contributed by atoms with Crippen LogP contribution in [0.5, 0.6) is 0 Å². The van der Waals surface area contributed by atoms with E-state index in [1.54, 1.807) is 5.57 Å². The number of hydrogen-bond donors (Lipinski definition) is 0. The summed E-state index contributed by atoms with van der Waals surface area (Å²) in [5, 5.41) is 0. The molecule has 28 heavy (non-hydrogen) atoms. The Morgan fingerprint density at radius 2 is 1.89 bits per heavy atom. The molecule has 0 heteroatoms. The van der Waals surface area contributed by atoms with Crippen molar-refractivity contribution in [3.63, 3.8) is 0 Å². The highest BCUT2D eigenvalue weighted by atomic mass is 14.6. The van der Waals surface area contributed by atoms with Gasteiger partial charge in [0, 0.05) is 0 Å². The second-order valence-electron chi connectivity index (χ2n) is 11.7. The molecule has 4 aliphatic carbocycles. The van der Waals surface area contributed by atoms with E-state index in [1.165, 1.54) is 63.4 Å². The van der Waals surface area contributed by atoms with Crippen LogP contribution in [0.3, 0.4) is 0 Å². The molecular weight excluding hydrogens is 336 g/mol. The lowest BCUT2D eigenvalue weighted by atomic mass is 9.47. The highest BCUT2D eigenvalue weighted by Gasteiger charge is 2.58. The van der Waals surface area contributed by atoms with Crippen molar-refractivity contribution in [2.45, 2.75) is 92.4 Å². The van der Waals surface area contributed by atoms with Crippen molar-refractivity contribution in [1.82, 2.24) is 0 Å². The van der Waals surface area contributed by atoms with Gasteiger partial charge in [0.1, 0.15) is 0 Å². The van der Waals surface area contributed by atoms with E-state index in [2.05, 4.69) is 59.4 Å². The van der Waals surface area contributed by atoms with Gasteiger partial charge in [-0.1, -0.05) is 65.0 Å². The SMILES string of the molecule is C=C(CCC(C)C1CCC2C3CC=C4C=CCC[C@]4(C)C3CC[C@]12C)C(C)C. The summed E-state index contributed by atoms with van der Waals surface area (Å²) >= 11 is 0. The van der Waals surface area contributed by atoms with Crippen molar-refractivity contribution in [2.24, 2.45) is 46.3 Å². The van der Waals surface area contributed by atoms with Gasteiger partial charge in [0.25, 0.3) is 0 Å². The summed E-state index contributed by atoms with van der Waals surface area (Å²) in [4.78, 5) is 0. The Labute approximate surface area is 175 Å². The fourth-order valence-electron chi connectivity index (χ4n) is 8.18. The molecule has 0 heterocycles. The Morgan fingerprint density at radius 1 is 1.11 bits per heavy atom. The lowest BCUT2D eigenvalue weighted by molar-refractivity contribution is -0.0449. The third-order valence-corrected chi connectivity index (χ3v) is 10.2. The molecule has 0 nitrogen and oxygen atoms in total. The molecule has 5 unspecified atom stereocenters. The van der Waals surface area contributed by atoms with E-state index < -0.39 is 0 Å². The average Bonchev–Trinajstić information content (AvgIpc) is 3.02. The quantitative estimate of drug-likeness (QED) is 0.420. The van der Waals surface area contributed by atoms with E-state index in [0.717, 1.165) is 29.6 Å². The normalized spacial score (nSPS) is 43.1. The van der Waals surface area contributed by atoms with Crippen LogP contribution in [-0.2, 0) is 0 Å². The van der Waals surface area contributed by atoms with Crippen molar-refractivity contribution in [2.75, 3.05) is 0 Å². The van der Waals surface area contributed by atoms with E-state index in [-0.39, 0.29) is 0 Å². The largest absolute Gasteiger partial charge is 0.0996 e. The summed E-state index contributed by atoms with van der Waals surface area (Å²) in [5.74, 6) is 5.27. The third kappa shape index (κ3) is 3.18. The molecular formula is C28H44. The zero-order valence-corrected chi connectivity index (χ0v) is 19.3. The zero-order valence-electron chi connectivity index (χ0n) is 19.3. The van der Waals surface area contributed by atoms with E-state index in [0.29, 0.717) is 16.7 Å². The van der Waals surface area contributed by atoms with E-state index in [4.69, 9.17) is 0 Å². The molecule has 0 saturated heterocycles. The first kappa shape index (κ1) is 20.5. The Kier molecular flexibility index (Phi) is 5.47. The lowest BCUT2D eigenvalue weighted by Gasteiger charge is -2.57.